The number of rotatable bonds is 7. The molecule has 3 aromatic carbocycles. The normalized spacial score (nSPS) is 14.7. The van der Waals surface area contributed by atoms with Crippen molar-refractivity contribution in [1.29, 1.82) is 0 Å². The van der Waals surface area contributed by atoms with Crippen LogP contribution in [0.5, 0.6) is 23.0 Å². The van der Waals surface area contributed by atoms with E-state index in [-0.39, 0.29) is 11.9 Å². The Balaban J connectivity index is 1.63. The zero-order valence-corrected chi connectivity index (χ0v) is 20.2. The molecule has 0 spiro atoms. The Morgan fingerprint density at radius 3 is 2.41 bits per heavy atom. The molecule has 8 heteroatoms. The quantitative estimate of drug-likeness (QED) is 0.463. The van der Waals surface area contributed by atoms with Crippen LogP contribution in [0.4, 0.5) is 10.1 Å². The van der Waals surface area contributed by atoms with Crippen molar-refractivity contribution in [3.63, 3.8) is 0 Å². The van der Waals surface area contributed by atoms with Gasteiger partial charge in [0.1, 0.15) is 23.9 Å². The Hall–Kier alpha value is -3.52. The average Bonchev–Trinajstić information content (AvgIpc) is 2.87. The lowest BCUT2D eigenvalue weighted by Crippen LogP contribution is -2.44. The number of benzene rings is 3. The summed E-state index contributed by atoms with van der Waals surface area (Å²) in [4.78, 5) is 2.10. The molecule has 1 N–H and O–H groups in total. The zero-order chi connectivity index (χ0) is 24.1. The third-order valence-corrected chi connectivity index (χ3v) is 6.14. The van der Waals surface area contributed by atoms with Gasteiger partial charge >= 0.3 is 0 Å². The lowest BCUT2D eigenvalue weighted by molar-refractivity contribution is 0.190. The van der Waals surface area contributed by atoms with E-state index in [1.807, 2.05) is 36.4 Å². The van der Waals surface area contributed by atoms with E-state index in [4.69, 9.17) is 31.2 Å². The summed E-state index contributed by atoms with van der Waals surface area (Å²) in [5.74, 6) is 2.34. The van der Waals surface area contributed by atoms with Crippen molar-refractivity contribution in [1.82, 2.24) is 4.90 Å². The van der Waals surface area contributed by atoms with Gasteiger partial charge in [-0.25, -0.2) is 4.39 Å². The number of ether oxygens (including phenoxy) is 4. The van der Waals surface area contributed by atoms with Crippen LogP contribution in [0.3, 0.4) is 0 Å². The van der Waals surface area contributed by atoms with Crippen molar-refractivity contribution in [2.24, 2.45) is 0 Å². The fraction of sp³-hybridized carbons (Fsp3) is 0.269. The first kappa shape index (κ1) is 23.6. The van der Waals surface area contributed by atoms with E-state index in [1.165, 1.54) is 12.1 Å². The maximum absolute atomic E-state index is 13.3. The minimum absolute atomic E-state index is 0.195. The van der Waals surface area contributed by atoms with E-state index in [2.05, 4.69) is 10.2 Å². The number of nitrogens with one attached hydrogen (secondary N) is 1. The Morgan fingerprint density at radius 1 is 0.971 bits per heavy atom. The number of anilines is 1. The Bertz CT molecular complexity index is 1160. The minimum atomic E-state index is -0.308. The van der Waals surface area contributed by atoms with Gasteiger partial charge in [-0.05, 0) is 78.3 Å². The van der Waals surface area contributed by atoms with Crippen LogP contribution in [0, 0.1) is 5.82 Å². The van der Waals surface area contributed by atoms with Crippen LogP contribution >= 0.6 is 12.2 Å². The summed E-state index contributed by atoms with van der Waals surface area (Å²) >= 11 is 5.81. The fourth-order valence-corrected chi connectivity index (χ4v) is 4.39. The van der Waals surface area contributed by atoms with Crippen molar-refractivity contribution >= 4 is 23.0 Å². The van der Waals surface area contributed by atoms with Gasteiger partial charge in [0.15, 0.2) is 16.6 Å². The molecule has 1 heterocycles. The number of fused-ring (bicyclic) bond motifs is 1. The van der Waals surface area contributed by atoms with Crippen molar-refractivity contribution in [3.8, 4) is 23.0 Å². The summed E-state index contributed by atoms with van der Waals surface area (Å²) in [5, 5.41) is 3.89. The average molecular weight is 483 g/mol. The van der Waals surface area contributed by atoms with E-state index < -0.39 is 0 Å². The third kappa shape index (κ3) is 5.17. The predicted molar refractivity (Wildman–Crippen MR) is 134 cm³/mol. The van der Waals surface area contributed by atoms with E-state index in [0.717, 1.165) is 29.0 Å². The van der Waals surface area contributed by atoms with Crippen LogP contribution < -0.4 is 24.3 Å². The molecule has 3 aromatic rings. The first-order valence-electron chi connectivity index (χ1n) is 10.9. The van der Waals surface area contributed by atoms with Crippen LogP contribution in [0.1, 0.15) is 17.2 Å². The molecular formula is C26H27FN2O4S. The Labute approximate surface area is 204 Å². The topological polar surface area (TPSA) is 52.2 Å². The second-order valence-corrected chi connectivity index (χ2v) is 8.18. The summed E-state index contributed by atoms with van der Waals surface area (Å²) in [5.41, 5.74) is 3.02. The lowest BCUT2D eigenvalue weighted by atomic mass is 9.92. The van der Waals surface area contributed by atoms with Gasteiger partial charge in [-0.15, -0.1) is 0 Å². The largest absolute Gasteiger partial charge is 0.497 e. The lowest BCUT2D eigenvalue weighted by Gasteiger charge is -2.39. The summed E-state index contributed by atoms with van der Waals surface area (Å²) in [6, 6.07) is 17.4. The maximum atomic E-state index is 13.3. The van der Waals surface area contributed by atoms with Crippen molar-refractivity contribution in [3.05, 3.63) is 77.6 Å². The van der Waals surface area contributed by atoms with Gasteiger partial charge in [0.25, 0.3) is 0 Å². The minimum Gasteiger partial charge on any atom is -0.497 e. The number of hydrogen-bond acceptors (Lipinski definition) is 5. The number of nitrogens with zero attached hydrogens (tertiary/aromatic N) is 1. The Kier molecular flexibility index (Phi) is 7.37. The molecule has 6 nitrogen and oxygen atoms in total. The van der Waals surface area contributed by atoms with Gasteiger partial charge in [-0.1, -0.05) is 6.07 Å². The molecule has 1 aliphatic rings. The highest BCUT2D eigenvalue weighted by molar-refractivity contribution is 7.80. The molecule has 0 saturated heterocycles. The van der Waals surface area contributed by atoms with Gasteiger partial charge in [-0.3, -0.25) is 0 Å². The van der Waals surface area contributed by atoms with Crippen LogP contribution in [-0.2, 0) is 6.42 Å². The molecule has 4 rings (SSSR count). The summed E-state index contributed by atoms with van der Waals surface area (Å²) < 4.78 is 35.8. The van der Waals surface area contributed by atoms with Crippen LogP contribution in [0.15, 0.2) is 60.7 Å². The number of methoxy groups -OCH3 is 3. The van der Waals surface area contributed by atoms with Crippen molar-refractivity contribution < 1.29 is 23.3 Å². The first-order valence-corrected chi connectivity index (χ1v) is 11.3. The smallest absolute Gasteiger partial charge is 0.174 e. The van der Waals surface area contributed by atoms with Crippen LogP contribution in [0.2, 0.25) is 0 Å². The summed E-state index contributed by atoms with van der Waals surface area (Å²) in [6.07, 6.45) is 0.780. The highest BCUT2D eigenvalue weighted by Crippen LogP contribution is 2.38. The number of thiocarbonyl (C=S) groups is 1. The molecule has 1 atom stereocenters. The van der Waals surface area contributed by atoms with Gasteiger partial charge in [0.05, 0.1) is 27.4 Å². The molecular weight excluding hydrogens is 455 g/mol. The van der Waals surface area contributed by atoms with Crippen molar-refractivity contribution in [2.45, 2.75) is 12.5 Å². The first-order chi connectivity index (χ1) is 16.5. The summed E-state index contributed by atoms with van der Waals surface area (Å²) in [6.45, 7) is 1.00. The SMILES string of the molecule is COc1cccc(NC(=S)N2CCc3cc(OC)c(OC)cc3[C@@H]2COc2ccc(F)cc2)c1. The highest BCUT2D eigenvalue weighted by atomic mass is 32.1. The molecule has 0 aromatic heterocycles. The molecule has 0 saturated carbocycles. The second kappa shape index (κ2) is 10.6. The molecule has 0 bridgehead atoms. The molecule has 0 aliphatic carbocycles. The van der Waals surface area contributed by atoms with Crippen molar-refractivity contribution in [2.75, 3.05) is 39.8 Å². The predicted octanol–water partition coefficient (Wildman–Crippen LogP) is 5.23. The molecule has 1 aliphatic heterocycles. The van der Waals surface area contributed by atoms with Gasteiger partial charge in [-0.2, -0.15) is 0 Å². The summed E-state index contributed by atoms with van der Waals surface area (Å²) in [7, 11) is 4.87. The van der Waals surface area contributed by atoms with E-state index in [9.17, 15) is 4.39 Å². The molecule has 0 unspecified atom stereocenters. The zero-order valence-electron chi connectivity index (χ0n) is 19.3. The molecule has 0 fully saturated rings. The monoisotopic (exact) mass is 482 g/mol. The third-order valence-electron chi connectivity index (χ3n) is 5.81. The van der Waals surface area contributed by atoms with E-state index in [0.29, 0.717) is 35.5 Å². The van der Waals surface area contributed by atoms with Gasteiger partial charge in [0.2, 0.25) is 0 Å². The number of halogens is 1. The number of hydrogen-bond donors (Lipinski definition) is 1. The second-order valence-electron chi connectivity index (χ2n) is 7.79. The van der Waals surface area contributed by atoms with E-state index >= 15 is 0 Å². The highest BCUT2D eigenvalue weighted by Gasteiger charge is 2.31. The molecule has 0 radical (unpaired) electrons. The van der Waals surface area contributed by atoms with Gasteiger partial charge in [0, 0.05) is 18.3 Å². The molecule has 34 heavy (non-hydrogen) atoms. The van der Waals surface area contributed by atoms with Crippen LogP contribution in [0.25, 0.3) is 0 Å². The van der Waals surface area contributed by atoms with Gasteiger partial charge < -0.3 is 29.2 Å². The molecule has 0 amide bonds. The standard InChI is InChI=1S/C26H27FN2O4S/c1-30-21-6-4-5-19(14-21)28-26(34)29-12-11-17-13-24(31-2)25(32-3)15-22(17)23(29)16-33-20-9-7-18(27)8-10-20/h4-10,13-15,23H,11-12,16H2,1-3H3,(H,28,34)/t23-/m0/s1. The molecule has 178 valence electrons. The fourth-order valence-electron chi connectivity index (χ4n) is 4.05. The van der Waals surface area contributed by atoms with E-state index in [1.54, 1.807) is 33.5 Å². The Morgan fingerprint density at radius 2 is 1.71 bits per heavy atom. The maximum Gasteiger partial charge on any atom is 0.174 e. The van der Waals surface area contributed by atoms with Crippen LogP contribution in [-0.4, -0.2) is 44.5 Å².